The Labute approximate surface area is 268 Å². The van der Waals surface area contributed by atoms with Gasteiger partial charge >= 0.3 is 0 Å². The maximum atomic E-state index is 6.42. The number of hydrogen-bond acceptors (Lipinski definition) is 5. The third-order valence-electron chi connectivity index (χ3n) is 9.19. The second kappa shape index (κ2) is 10.0. The van der Waals surface area contributed by atoms with Gasteiger partial charge in [-0.15, -0.1) is 0 Å². The molecule has 0 saturated carbocycles. The Balaban J connectivity index is 1.24. The zero-order chi connectivity index (χ0) is 30.9. The van der Waals surface area contributed by atoms with Crippen molar-refractivity contribution in [3.8, 4) is 34.2 Å². The molecule has 0 amide bonds. The van der Waals surface area contributed by atoms with Gasteiger partial charge in [0.2, 0.25) is 0 Å². The maximum absolute atomic E-state index is 6.42. The molecule has 0 radical (unpaired) electrons. The van der Waals surface area contributed by atoms with Crippen LogP contribution in [0.2, 0.25) is 0 Å². The van der Waals surface area contributed by atoms with Crippen molar-refractivity contribution in [2.45, 2.75) is 0 Å². The van der Waals surface area contributed by atoms with Crippen molar-refractivity contribution >= 4 is 65.0 Å². The Morgan fingerprint density at radius 3 is 1.98 bits per heavy atom. The van der Waals surface area contributed by atoms with Crippen LogP contribution in [-0.2, 0) is 0 Å². The first kappa shape index (κ1) is 25.8. The Bertz CT molecular complexity index is 2860. The molecule has 0 aliphatic heterocycles. The molecule has 3 heterocycles. The first-order chi connectivity index (χ1) is 23.3. The van der Waals surface area contributed by atoms with Gasteiger partial charge in [0.05, 0.1) is 0 Å². The van der Waals surface area contributed by atoms with Gasteiger partial charge in [-0.05, 0) is 68.0 Å². The molecule has 3 aromatic heterocycles. The topological polar surface area (TPSA) is 64.7 Å². The van der Waals surface area contributed by atoms with Gasteiger partial charge in [0.15, 0.2) is 17.5 Å². The lowest BCUT2D eigenvalue weighted by Crippen LogP contribution is -2.00. The second-order valence-electron chi connectivity index (χ2n) is 11.9. The molecule has 0 aliphatic carbocycles. The van der Waals surface area contributed by atoms with E-state index in [-0.39, 0.29) is 0 Å². The summed E-state index contributed by atoms with van der Waals surface area (Å²) in [5.41, 5.74) is 4.39. The van der Waals surface area contributed by atoms with E-state index in [0.29, 0.717) is 17.5 Å². The monoisotopic (exact) mass is 600 g/mol. The van der Waals surface area contributed by atoms with E-state index in [9.17, 15) is 0 Å². The number of nitrogens with zero attached hydrogens (tertiary/aromatic N) is 4. The Hall–Kier alpha value is -6.46. The van der Waals surface area contributed by atoms with E-state index < -0.39 is 0 Å². The average molecular weight is 601 g/mol. The number of benzene rings is 7. The summed E-state index contributed by atoms with van der Waals surface area (Å²) in [6, 6.07) is 46.0. The van der Waals surface area contributed by atoms with Gasteiger partial charge in [0, 0.05) is 45.2 Å². The van der Waals surface area contributed by atoms with Crippen LogP contribution >= 0.6 is 0 Å². The standard InChI is InChI=1S/C42H24N4O/c1-2-9-27(10-3-1)40-44-41(28-15-18-33-38(22-28)47-37-19-16-25-8-4-5-11-29(25)39(33)37)46-42(45-40)35-23-34-32(30-12-6-7-13-31(30)35)17-14-26-20-21-43-24-36(26)34/h1-24H. The molecule has 0 N–H and O–H groups in total. The highest BCUT2D eigenvalue weighted by atomic mass is 16.3. The van der Waals surface area contributed by atoms with Crippen molar-refractivity contribution in [1.82, 2.24) is 19.9 Å². The smallest absolute Gasteiger partial charge is 0.164 e. The number of pyridine rings is 1. The molecular formula is C42H24N4O. The van der Waals surface area contributed by atoms with Crippen molar-refractivity contribution in [1.29, 1.82) is 0 Å². The highest BCUT2D eigenvalue weighted by Crippen LogP contribution is 2.39. The van der Waals surface area contributed by atoms with Crippen LogP contribution in [0.1, 0.15) is 0 Å². The fourth-order valence-electron chi connectivity index (χ4n) is 6.96. The quantitative estimate of drug-likeness (QED) is 0.189. The summed E-state index contributed by atoms with van der Waals surface area (Å²) < 4.78 is 6.42. The van der Waals surface area contributed by atoms with Crippen LogP contribution in [0.5, 0.6) is 0 Å². The highest BCUT2D eigenvalue weighted by Gasteiger charge is 2.18. The Kier molecular flexibility index (Phi) is 5.51. The van der Waals surface area contributed by atoms with Crippen LogP contribution in [-0.4, -0.2) is 19.9 Å². The third kappa shape index (κ3) is 4.03. The summed E-state index contributed by atoms with van der Waals surface area (Å²) in [7, 11) is 0. The van der Waals surface area contributed by atoms with Crippen molar-refractivity contribution in [2.24, 2.45) is 0 Å². The molecule has 7 aromatic carbocycles. The number of fused-ring (bicyclic) bond motifs is 10. The predicted octanol–water partition coefficient (Wildman–Crippen LogP) is 10.8. The molecule has 5 nitrogen and oxygen atoms in total. The van der Waals surface area contributed by atoms with Crippen LogP contribution < -0.4 is 0 Å². The minimum absolute atomic E-state index is 0.588. The van der Waals surface area contributed by atoms with Crippen LogP contribution in [0.15, 0.2) is 150 Å². The highest BCUT2D eigenvalue weighted by molar-refractivity contribution is 6.21. The van der Waals surface area contributed by atoms with Crippen LogP contribution in [0.3, 0.4) is 0 Å². The summed E-state index contributed by atoms with van der Waals surface area (Å²) in [5.74, 6) is 1.82. The summed E-state index contributed by atoms with van der Waals surface area (Å²) in [4.78, 5) is 19.8. The summed E-state index contributed by atoms with van der Waals surface area (Å²) in [6.45, 7) is 0. The fraction of sp³-hybridized carbons (Fsp3) is 0. The zero-order valence-electron chi connectivity index (χ0n) is 25.1. The maximum Gasteiger partial charge on any atom is 0.164 e. The second-order valence-corrected chi connectivity index (χ2v) is 11.9. The van der Waals surface area contributed by atoms with Gasteiger partial charge in [-0.3, -0.25) is 4.98 Å². The van der Waals surface area contributed by atoms with E-state index in [2.05, 4.69) is 108 Å². The lowest BCUT2D eigenvalue weighted by atomic mass is 9.94. The molecule has 0 spiro atoms. The molecule has 10 aromatic rings. The predicted molar refractivity (Wildman–Crippen MR) is 191 cm³/mol. The molecule has 0 aliphatic rings. The molecule has 47 heavy (non-hydrogen) atoms. The number of aromatic nitrogens is 4. The molecule has 10 rings (SSSR count). The Morgan fingerprint density at radius 1 is 0.404 bits per heavy atom. The van der Waals surface area contributed by atoms with E-state index in [1.54, 1.807) is 0 Å². The normalized spacial score (nSPS) is 11.8. The van der Waals surface area contributed by atoms with Gasteiger partial charge in [-0.25, -0.2) is 15.0 Å². The largest absolute Gasteiger partial charge is 0.456 e. The van der Waals surface area contributed by atoms with Gasteiger partial charge in [0.25, 0.3) is 0 Å². The van der Waals surface area contributed by atoms with E-state index in [4.69, 9.17) is 19.4 Å². The first-order valence-corrected chi connectivity index (χ1v) is 15.6. The number of furan rings is 1. The molecule has 0 fully saturated rings. The van der Waals surface area contributed by atoms with Crippen molar-refractivity contribution in [3.63, 3.8) is 0 Å². The minimum atomic E-state index is 0.588. The minimum Gasteiger partial charge on any atom is -0.456 e. The molecule has 0 bridgehead atoms. The number of rotatable bonds is 3. The molecule has 0 unspecified atom stereocenters. The van der Waals surface area contributed by atoms with Crippen LogP contribution in [0.25, 0.3) is 99.2 Å². The molecular weight excluding hydrogens is 576 g/mol. The zero-order valence-corrected chi connectivity index (χ0v) is 25.1. The average Bonchev–Trinajstić information content (AvgIpc) is 3.53. The van der Waals surface area contributed by atoms with Crippen LogP contribution in [0.4, 0.5) is 0 Å². The van der Waals surface area contributed by atoms with Gasteiger partial charge in [-0.2, -0.15) is 0 Å². The lowest BCUT2D eigenvalue weighted by Gasteiger charge is -2.13. The molecule has 218 valence electrons. The summed E-state index contributed by atoms with van der Waals surface area (Å²) >= 11 is 0. The molecule has 5 heteroatoms. The van der Waals surface area contributed by atoms with Gasteiger partial charge in [-0.1, -0.05) is 103 Å². The molecule has 0 saturated heterocycles. The van der Waals surface area contributed by atoms with Crippen molar-refractivity contribution < 1.29 is 4.42 Å². The molecule has 0 atom stereocenters. The summed E-state index contributed by atoms with van der Waals surface area (Å²) in [6.07, 6.45) is 3.78. The van der Waals surface area contributed by atoms with Crippen molar-refractivity contribution in [3.05, 3.63) is 146 Å². The van der Waals surface area contributed by atoms with Gasteiger partial charge < -0.3 is 4.42 Å². The van der Waals surface area contributed by atoms with E-state index in [0.717, 1.165) is 65.6 Å². The third-order valence-corrected chi connectivity index (χ3v) is 9.19. The van der Waals surface area contributed by atoms with Crippen molar-refractivity contribution in [2.75, 3.05) is 0 Å². The Morgan fingerprint density at radius 2 is 1.09 bits per heavy atom. The van der Waals surface area contributed by atoms with E-state index in [1.165, 1.54) is 16.2 Å². The van der Waals surface area contributed by atoms with E-state index in [1.807, 2.05) is 42.7 Å². The summed E-state index contributed by atoms with van der Waals surface area (Å²) in [5, 5.41) is 11.3. The fourth-order valence-corrected chi connectivity index (χ4v) is 6.96. The lowest BCUT2D eigenvalue weighted by molar-refractivity contribution is 0.669. The SMILES string of the molecule is c1ccc(-c2nc(-c3ccc4c(c3)oc3ccc5ccccc5c34)nc(-c3cc4c5cnccc5ccc4c4ccccc34)n2)cc1. The van der Waals surface area contributed by atoms with E-state index >= 15 is 0 Å². The first-order valence-electron chi connectivity index (χ1n) is 15.6. The van der Waals surface area contributed by atoms with Crippen LogP contribution in [0, 0.1) is 0 Å². The van der Waals surface area contributed by atoms with Gasteiger partial charge in [0.1, 0.15) is 11.2 Å². The number of hydrogen-bond donors (Lipinski definition) is 0.